The average Bonchev–Trinajstić information content (AvgIpc) is 3.28. The lowest BCUT2D eigenvalue weighted by molar-refractivity contribution is 0.415. The zero-order valence-electron chi connectivity index (χ0n) is 22.5. The Morgan fingerprint density at radius 1 is 0.923 bits per heavy atom. The molecule has 0 saturated heterocycles. The van der Waals surface area contributed by atoms with Gasteiger partial charge in [0.05, 0.1) is 29.4 Å². The normalized spacial score (nSPS) is 16.8. The molecule has 0 bridgehead atoms. The number of nitrogens with zero attached hydrogens (tertiary/aromatic N) is 3. The van der Waals surface area contributed by atoms with Gasteiger partial charge in [-0.25, -0.2) is 4.79 Å². The Kier molecular flexibility index (Phi) is 5.94. The van der Waals surface area contributed by atoms with Crippen molar-refractivity contribution in [3.05, 3.63) is 110 Å². The summed E-state index contributed by atoms with van der Waals surface area (Å²) in [4.78, 5) is 27.3. The van der Waals surface area contributed by atoms with Crippen LogP contribution in [-0.4, -0.2) is 25.9 Å². The van der Waals surface area contributed by atoms with Crippen LogP contribution >= 0.6 is 0 Å². The monoisotopic (exact) mass is 521 g/mol. The first-order chi connectivity index (χ1) is 18.8. The van der Waals surface area contributed by atoms with E-state index in [9.17, 15) is 14.7 Å². The Morgan fingerprint density at radius 2 is 1.67 bits per heavy atom. The summed E-state index contributed by atoms with van der Waals surface area (Å²) in [5, 5.41) is 11.0. The molecule has 198 valence electrons. The van der Waals surface area contributed by atoms with E-state index in [4.69, 9.17) is 4.74 Å². The van der Waals surface area contributed by atoms with E-state index in [1.54, 1.807) is 30.9 Å². The maximum atomic E-state index is 14.0. The van der Waals surface area contributed by atoms with Crippen LogP contribution in [0.15, 0.2) is 82.4 Å². The summed E-state index contributed by atoms with van der Waals surface area (Å²) >= 11 is 0. The summed E-state index contributed by atoms with van der Waals surface area (Å²) in [6.45, 7) is 2.21. The minimum absolute atomic E-state index is 0.153. The van der Waals surface area contributed by atoms with E-state index in [1.807, 2.05) is 48.5 Å². The first-order valence-electron chi connectivity index (χ1n) is 13.2. The van der Waals surface area contributed by atoms with E-state index >= 15 is 0 Å². The van der Waals surface area contributed by atoms with Crippen LogP contribution < -0.4 is 16.0 Å². The van der Waals surface area contributed by atoms with Crippen molar-refractivity contribution in [2.24, 2.45) is 20.0 Å². The number of para-hydroxylation sites is 1. The number of aryl methyl sites for hydroxylation is 2. The second kappa shape index (κ2) is 9.34. The number of hydrogen-bond donors (Lipinski definition) is 1. The van der Waals surface area contributed by atoms with Crippen LogP contribution in [0.5, 0.6) is 11.5 Å². The fourth-order valence-electron chi connectivity index (χ4n) is 6.22. The standard InChI is InChI=1S/C32H31N3O4/c1-19-12-13-20-8-5-6-11-25(20)35-28(21-14-16-24(39-4)17-15-21)27-29(33(2)32(38)34(3)31(27)37)30(35)26(19)22-9-7-10-23(36)18-22/h5-11,14-19,26,36H,12-13H2,1-4H3. The van der Waals surface area contributed by atoms with Crippen molar-refractivity contribution >= 4 is 10.9 Å². The highest BCUT2D eigenvalue weighted by atomic mass is 16.5. The molecule has 3 aromatic carbocycles. The number of fused-ring (bicyclic) bond motifs is 5. The van der Waals surface area contributed by atoms with E-state index in [2.05, 4.69) is 23.6 Å². The molecule has 0 aliphatic carbocycles. The minimum Gasteiger partial charge on any atom is -0.508 e. The summed E-state index contributed by atoms with van der Waals surface area (Å²) in [5.74, 6) is 0.872. The van der Waals surface area contributed by atoms with Gasteiger partial charge in [0, 0.05) is 25.7 Å². The first kappa shape index (κ1) is 24.8. The molecule has 0 amide bonds. The lowest BCUT2D eigenvalue weighted by Crippen LogP contribution is -2.37. The summed E-state index contributed by atoms with van der Waals surface area (Å²) < 4.78 is 10.4. The van der Waals surface area contributed by atoms with Gasteiger partial charge in [0.1, 0.15) is 11.5 Å². The number of methoxy groups -OCH3 is 1. The molecule has 2 aromatic heterocycles. The first-order valence-corrected chi connectivity index (χ1v) is 13.2. The van der Waals surface area contributed by atoms with Crippen LogP contribution in [0.4, 0.5) is 0 Å². The highest BCUT2D eigenvalue weighted by Gasteiger charge is 2.35. The smallest absolute Gasteiger partial charge is 0.331 e. The van der Waals surface area contributed by atoms with Crippen LogP contribution in [0.25, 0.3) is 27.8 Å². The number of benzene rings is 3. The number of phenols is 1. The van der Waals surface area contributed by atoms with Gasteiger partial charge in [0.15, 0.2) is 0 Å². The van der Waals surface area contributed by atoms with Crippen molar-refractivity contribution in [2.75, 3.05) is 7.11 Å². The van der Waals surface area contributed by atoms with Gasteiger partial charge in [-0.3, -0.25) is 13.9 Å². The molecule has 2 atom stereocenters. The molecule has 39 heavy (non-hydrogen) atoms. The predicted molar refractivity (Wildman–Crippen MR) is 153 cm³/mol. The van der Waals surface area contributed by atoms with Gasteiger partial charge in [0.2, 0.25) is 0 Å². The van der Waals surface area contributed by atoms with Crippen LogP contribution in [0.1, 0.15) is 36.1 Å². The van der Waals surface area contributed by atoms with Gasteiger partial charge >= 0.3 is 5.69 Å². The molecular formula is C32H31N3O4. The Labute approximate surface area is 226 Å². The summed E-state index contributed by atoms with van der Waals surface area (Å²) in [5.41, 5.74) is 5.47. The average molecular weight is 522 g/mol. The van der Waals surface area contributed by atoms with Gasteiger partial charge in [-0.05, 0) is 77.9 Å². The molecule has 7 nitrogen and oxygen atoms in total. The number of rotatable bonds is 3. The number of hydrogen-bond acceptors (Lipinski definition) is 4. The highest BCUT2D eigenvalue weighted by molar-refractivity contribution is 5.98. The molecule has 7 heteroatoms. The van der Waals surface area contributed by atoms with Crippen molar-refractivity contribution in [3.8, 4) is 28.4 Å². The lowest BCUT2D eigenvalue weighted by atomic mass is 9.79. The minimum atomic E-state index is -0.375. The highest BCUT2D eigenvalue weighted by Crippen LogP contribution is 2.46. The van der Waals surface area contributed by atoms with E-state index in [0.717, 1.165) is 46.8 Å². The van der Waals surface area contributed by atoms with Crippen LogP contribution in [0.2, 0.25) is 0 Å². The van der Waals surface area contributed by atoms with Gasteiger partial charge in [-0.15, -0.1) is 0 Å². The number of aromatic nitrogens is 3. The quantitative estimate of drug-likeness (QED) is 0.357. The fourth-order valence-corrected chi connectivity index (χ4v) is 6.22. The molecular weight excluding hydrogens is 490 g/mol. The van der Waals surface area contributed by atoms with Gasteiger partial charge in [-0.1, -0.05) is 37.3 Å². The Morgan fingerprint density at radius 3 is 2.38 bits per heavy atom. The van der Waals surface area contributed by atoms with Crippen molar-refractivity contribution in [1.82, 2.24) is 13.7 Å². The number of ether oxygens (including phenoxy) is 1. The molecule has 0 spiro atoms. The van der Waals surface area contributed by atoms with Crippen molar-refractivity contribution < 1.29 is 9.84 Å². The lowest BCUT2D eigenvalue weighted by Gasteiger charge is -2.31. The molecule has 3 heterocycles. The summed E-state index contributed by atoms with van der Waals surface area (Å²) in [7, 11) is 4.89. The fraction of sp³-hybridized carbons (Fsp3) is 0.250. The maximum absolute atomic E-state index is 14.0. The maximum Gasteiger partial charge on any atom is 0.331 e. The van der Waals surface area contributed by atoms with Crippen LogP contribution in [-0.2, 0) is 20.5 Å². The molecule has 6 rings (SSSR count). The predicted octanol–water partition coefficient (Wildman–Crippen LogP) is 5.12. The Balaban J connectivity index is 1.88. The molecule has 2 unspecified atom stereocenters. The van der Waals surface area contributed by atoms with Crippen LogP contribution in [0.3, 0.4) is 0 Å². The van der Waals surface area contributed by atoms with E-state index in [1.165, 1.54) is 17.2 Å². The SMILES string of the molecule is COc1ccc(-c2c3c(=O)n(C)c(=O)n(C)c3c3n2-c2ccccc2CCC(C)C3c2cccc(O)c2)cc1. The zero-order chi connectivity index (χ0) is 27.4. The van der Waals surface area contributed by atoms with E-state index < -0.39 is 0 Å². The van der Waals surface area contributed by atoms with Gasteiger partial charge < -0.3 is 14.4 Å². The number of phenolic OH excluding ortho intramolecular Hbond substituents is 1. The second-order valence-corrected chi connectivity index (χ2v) is 10.4. The number of aromatic hydroxyl groups is 1. The topological polar surface area (TPSA) is 78.4 Å². The molecule has 1 aliphatic heterocycles. The van der Waals surface area contributed by atoms with Crippen molar-refractivity contribution in [3.63, 3.8) is 0 Å². The molecule has 1 aliphatic rings. The third kappa shape index (κ3) is 3.80. The largest absolute Gasteiger partial charge is 0.508 e. The molecule has 5 aromatic rings. The molecule has 0 radical (unpaired) electrons. The molecule has 1 N–H and O–H groups in total. The van der Waals surface area contributed by atoms with Gasteiger partial charge in [-0.2, -0.15) is 0 Å². The van der Waals surface area contributed by atoms with Crippen LogP contribution in [0, 0.1) is 5.92 Å². The van der Waals surface area contributed by atoms with E-state index in [0.29, 0.717) is 10.9 Å². The van der Waals surface area contributed by atoms with Crippen molar-refractivity contribution in [1.29, 1.82) is 0 Å². The third-order valence-electron chi connectivity index (χ3n) is 8.17. The Bertz CT molecular complexity index is 1840. The van der Waals surface area contributed by atoms with E-state index in [-0.39, 0.29) is 28.8 Å². The Hall–Kier alpha value is -4.52. The molecule has 0 saturated carbocycles. The second-order valence-electron chi connectivity index (χ2n) is 10.4. The zero-order valence-corrected chi connectivity index (χ0v) is 22.5. The summed E-state index contributed by atoms with van der Waals surface area (Å²) in [6, 6.07) is 23.3. The van der Waals surface area contributed by atoms with Gasteiger partial charge in [0.25, 0.3) is 5.56 Å². The van der Waals surface area contributed by atoms with Crippen molar-refractivity contribution in [2.45, 2.75) is 25.7 Å². The third-order valence-corrected chi connectivity index (χ3v) is 8.17. The summed E-state index contributed by atoms with van der Waals surface area (Å²) in [6.07, 6.45) is 1.76. The molecule has 0 fully saturated rings.